The lowest BCUT2D eigenvalue weighted by atomic mass is 10.2. The van der Waals surface area contributed by atoms with Gasteiger partial charge in [-0.15, -0.1) is 0 Å². The second-order valence-corrected chi connectivity index (χ2v) is 5.00. The molecule has 1 aromatic rings. The first-order valence-electron chi connectivity index (χ1n) is 5.74. The number of hydrogen-bond acceptors (Lipinski definition) is 5. The Morgan fingerprint density at radius 2 is 2.16 bits per heavy atom. The maximum absolute atomic E-state index is 12.8. The van der Waals surface area contributed by atoms with Crippen molar-refractivity contribution in [3.05, 3.63) is 11.8 Å². The van der Waals surface area contributed by atoms with E-state index >= 15 is 0 Å². The predicted molar refractivity (Wildman–Crippen MR) is 63.1 cm³/mol. The van der Waals surface area contributed by atoms with E-state index in [9.17, 15) is 18.3 Å². The summed E-state index contributed by atoms with van der Waals surface area (Å²) in [5, 5.41) is 9.82. The lowest BCUT2D eigenvalue weighted by Crippen LogP contribution is -2.27. The SMILES string of the molecule is CSc1ncc(C(F)(F)F)c(O[C@H]2CCCC2O)n1. The van der Waals surface area contributed by atoms with Gasteiger partial charge in [-0.2, -0.15) is 18.2 Å². The molecule has 2 atom stereocenters. The lowest BCUT2D eigenvalue weighted by molar-refractivity contribution is -0.140. The summed E-state index contributed by atoms with van der Waals surface area (Å²) in [5.74, 6) is -0.502. The van der Waals surface area contributed by atoms with E-state index in [-0.39, 0.29) is 5.16 Å². The van der Waals surface area contributed by atoms with Crippen molar-refractivity contribution in [2.45, 2.75) is 42.8 Å². The number of halogens is 3. The summed E-state index contributed by atoms with van der Waals surface area (Å²) in [7, 11) is 0. The average molecular weight is 294 g/mol. The average Bonchev–Trinajstić information content (AvgIpc) is 2.73. The molecule has 8 heteroatoms. The van der Waals surface area contributed by atoms with Crippen molar-refractivity contribution < 1.29 is 23.0 Å². The van der Waals surface area contributed by atoms with Gasteiger partial charge in [0.25, 0.3) is 0 Å². The van der Waals surface area contributed by atoms with E-state index < -0.39 is 29.8 Å². The number of aromatic nitrogens is 2. The van der Waals surface area contributed by atoms with Crippen LogP contribution in [0.3, 0.4) is 0 Å². The van der Waals surface area contributed by atoms with Gasteiger partial charge in [-0.25, -0.2) is 4.98 Å². The van der Waals surface area contributed by atoms with Gasteiger partial charge in [-0.3, -0.25) is 0 Å². The van der Waals surface area contributed by atoms with E-state index in [1.54, 1.807) is 6.26 Å². The quantitative estimate of drug-likeness (QED) is 0.685. The van der Waals surface area contributed by atoms with Crippen molar-refractivity contribution in [2.24, 2.45) is 0 Å². The molecule has 1 unspecified atom stereocenters. The molecular weight excluding hydrogens is 281 g/mol. The van der Waals surface area contributed by atoms with Gasteiger partial charge in [0.15, 0.2) is 5.16 Å². The van der Waals surface area contributed by atoms with E-state index in [0.29, 0.717) is 12.8 Å². The highest BCUT2D eigenvalue weighted by Crippen LogP contribution is 2.36. The number of hydrogen-bond donors (Lipinski definition) is 1. The highest BCUT2D eigenvalue weighted by Gasteiger charge is 2.38. The minimum atomic E-state index is -4.57. The van der Waals surface area contributed by atoms with Gasteiger partial charge in [-0.05, 0) is 25.5 Å². The molecule has 0 radical (unpaired) electrons. The Kier molecular flexibility index (Phi) is 4.19. The van der Waals surface area contributed by atoms with E-state index in [0.717, 1.165) is 24.4 Å². The number of aliphatic hydroxyl groups excluding tert-OH is 1. The molecular formula is C11H13F3N2O2S. The molecule has 1 fully saturated rings. The minimum absolute atomic E-state index is 0.204. The van der Waals surface area contributed by atoms with Gasteiger partial charge in [0.1, 0.15) is 11.7 Å². The second kappa shape index (κ2) is 5.54. The molecule has 1 N–H and O–H groups in total. The summed E-state index contributed by atoms with van der Waals surface area (Å²) in [6.45, 7) is 0. The molecule has 1 aromatic heterocycles. The van der Waals surface area contributed by atoms with Crippen LogP contribution in [0, 0.1) is 0 Å². The van der Waals surface area contributed by atoms with Crippen LogP contribution in [0.5, 0.6) is 5.88 Å². The van der Waals surface area contributed by atoms with Gasteiger partial charge in [0.05, 0.1) is 6.10 Å². The standard InChI is InChI=1S/C11H13F3N2O2S/c1-19-10-15-5-6(11(12,13)14)9(16-10)18-8-4-2-3-7(8)17/h5,7-8,17H,2-4H2,1H3/t7?,8-/m0/s1. The van der Waals surface area contributed by atoms with Crippen molar-refractivity contribution in [1.82, 2.24) is 9.97 Å². The van der Waals surface area contributed by atoms with Crippen LogP contribution in [0.1, 0.15) is 24.8 Å². The molecule has 0 saturated heterocycles. The zero-order valence-electron chi connectivity index (χ0n) is 10.1. The number of rotatable bonds is 3. The molecule has 1 aliphatic rings. The largest absolute Gasteiger partial charge is 0.471 e. The Balaban J connectivity index is 2.30. The highest BCUT2D eigenvalue weighted by molar-refractivity contribution is 7.98. The number of aliphatic hydroxyl groups is 1. The first kappa shape index (κ1) is 14.4. The minimum Gasteiger partial charge on any atom is -0.471 e. The third kappa shape index (κ3) is 3.30. The molecule has 0 aliphatic heterocycles. The molecule has 0 bridgehead atoms. The maximum Gasteiger partial charge on any atom is 0.423 e. The first-order chi connectivity index (χ1) is 8.91. The molecule has 106 valence electrons. The molecule has 1 heterocycles. The van der Waals surface area contributed by atoms with Crippen molar-refractivity contribution in [2.75, 3.05) is 6.26 Å². The van der Waals surface area contributed by atoms with Crippen molar-refractivity contribution >= 4 is 11.8 Å². The van der Waals surface area contributed by atoms with Crippen LogP contribution in [0.2, 0.25) is 0 Å². The molecule has 1 saturated carbocycles. The fourth-order valence-electron chi connectivity index (χ4n) is 1.92. The smallest absolute Gasteiger partial charge is 0.423 e. The van der Waals surface area contributed by atoms with Gasteiger partial charge in [0, 0.05) is 6.20 Å². The molecule has 2 rings (SSSR count). The summed E-state index contributed by atoms with van der Waals surface area (Å²) in [5.41, 5.74) is -1.01. The van der Waals surface area contributed by atoms with E-state index in [1.807, 2.05) is 0 Å². The molecule has 19 heavy (non-hydrogen) atoms. The van der Waals surface area contributed by atoms with Crippen LogP contribution in [0.25, 0.3) is 0 Å². The van der Waals surface area contributed by atoms with Crippen LogP contribution >= 0.6 is 11.8 Å². The van der Waals surface area contributed by atoms with Crippen molar-refractivity contribution in [3.63, 3.8) is 0 Å². The van der Waals surface area contributed by atoms with Crippen LogP contribution in [-0.4, -0.2) is 33.5 Å². The van der Waals surface area contributed by atoms with Crippen LogP contribution in [-0.2, 0) is 6.18 Å². The third-order valence-electron chi connectivity index (χ3n) is 2.90. The summed E-state index contributed by atoms with van der Waals surface area (Å²) < 4.78 is 43.7. The Morgan fingerprint density at radius 3 is 2.68 bits per heavy atom. The van der Waals surface area contributed by atoms with E-state index in [4.69, 9.17) is 4.74 Å². The zero-order chi connectivity index (χ0) is 14.0. The fourth-order valence-corrected chi connectivity index (χ4v) is 2.25. The number of alkyl halides is 3. The summed E-state index contributed by atoms with van der Waals surface area (Å²) >= 11 is 1.13. The molecule has 0 amide bonds. The molecule has 0 spiro atoms. The Morgan fingerprint density at radius 1 is 1.42 bits per heavy atom. The van der Waals surface area contributed by atoms with Crippen molar-refractivity contribution in [3.8, 4) is 5.88 Å². The highest BCUT2D eigenvalue weighted by atomic mass is 32.2. The Labute approximate surface area is 112 Å². The van der Waals surface area contributed by atoms with Crippen LogP contribution in [0.15, 0.2) is 11.4 Å². The van der Waals surface area contributed by atoms with Crippen molar-refractivity contribution in [1.29, 1.82) is 0 Å². The molecule has 1 aliphatic carbocycles. The van der Waals surface area contributed by atoms with E-state index in [2.05, 4.69) is 9.97 Å². The van der Waals surface area contributed by atoms with Gasteiger partial charge in [-0.1, -0.05) is 11.8 Å². The van der Waals surface area contributed by atoms with Gasteiger partial charge < -0.3 is 9.84 Å². The lowest BCUT2D eigenvalue weighted by Gasteiger charge is -2.19. The Hall–Kier alpha value is -1.02. The fraction of sp³-hybridized carbons (Fsp3) is 0.636. The third-order valence-corrected chi connectivity index (χ3v) is 3.46. The molecule has 4 nitrogen and oxygen atoms in total. The summed E-state index contributed by atoms with van der Waals surface area (Å²) in [4.78, 5) is 7.36. The normalized spacial score (nSPS) is 23.6. The zero-order valence-corrected chi connectivity index (χ0v) is 11.0. The van der Waals surface area contributed by atoms with Gasteiger partial charge >= 0.3 is 6.18 Å². The summed E-state index contributed by atoms with van der Waals surface area (Å²) in [6.07, 6.45) is -1.78. The van der Waals surface area contributed by atoms with E-state index in [1.165, 1.54) is 0 Å². The monoisotopic (exact) mass is 294 g/mol. The Bertz CT molecular complexity index is 456. The van der Waals surface area contributed by atoms with Gasteiger partial charge in [0.2, 0.25) is 5.88 Å². The van der Waals surface area contributed by atoms with Crippen LogP contribution in [0.4, 0.5) is 13.2 Å². The topological polar surface area (TPSA) is 55.2 Å². The number of ether oxygens (including phenoxy) is 1. The predicted octanol–water partition coefficient (Wildman–Crippen LogP) is 2.51. The van der Waals surface area contributed by atoms with Crippen LogP contribution < -0.4 is 4.74 Å². The first-order valence-corrected chi connectivity index (χ1v) is 6.97. The number of nitrogens with zero attached hydrogens (tertiary/aromatic N) is 2. The summed E-state index contributed by atoms with van der Waals surface area (Å²) in [6, 6.07) is 0. The maximum atomic E-state index is 12.8. The number of thioether (sulfide) groups is 1. The molecule has 0 aromatic carbocycles. The second-order valence-electron chi connectivity index (χ2n) is 4.23.